The fourth-order valence-electron chi connectivity index (χ4n) is 1.04. The minimum atomic E-state index is -1.09. The van der Waals surface area contributed by atoms with Gasteiger partial charge in [0.15, 0.2) is 6.29 Å². The van der Waals surface area contributed by atoms with Gasteiger partial charge in [-0.25, -0.2) is 4.79 Å². The lowest BCUT2D eigenvalue weighted by atomic mass is 10.7. The summed E-state index contributed by atoms with van der Waals surface area (Å²) in [6.45, 7) is 5.03. The molecule has 0 aromatic heterocycles. The van der Waals surface area contributed by atoms with Crippen LogP contribution >= 0.6 is 0 Å². The number of hydrogen-bond donors (Lipinski definition) is 2. The molecule has 0 aromatic carbocycles. The number of ether oxygens (including phenoxy) is 2. The molecule has 96 valence electrons. The molecule has 1 unspecified atom stereocenters. The molecule has 16 heavy (non-hydrogen) atoms. The lowest BCUT2D eigenvalue weighted by Gasteiger charge is -2.16. The molecule has 0 heterocycles. The zero-order valence-electron chi connectivity index (χ0n) is 9.73. The zero-order valence-corrected chi connectivity index (χ0v) is 10.5. The molecular weight excluding hydrogens is 232 g/mol. The smallest absolute Gasteiger partial charge is 0.312 e. The molecule has 0 aliphatic carbocycles. The van der Waals surface area contributed by atoms with Crippen molar-refractivity contribution < 1.29 is 18.5 Å². The van der Waals surface area contributed by atoms with Crippen molar-refractivity contribution in [2.75, 3.05) is 31.3 Å². The molecule has 0 aliphatic heterocycles. The maximum atomic E-state index is 11.5. The first-order valence-electron chi connectivity index (χ1n) is 5.21. The van der Waals surface area contributed by atoms with Crippen molar-refractivity contribution in [1.82, 2.24) is 5.32 Å². The van der Waals surface area contributed by atoms with Crippen LogP contribution in [0.1, 0.15) is 13.8 Å². The van der Waals surface area contributed by atoms with E-state index in [0.29, 0.717) is 31.3 Å². The number of urea groups is 1. The molecule has 3 N–H and O–H groups in total. The quantitative estimate of drug-likeness (QED) is 0.556. The molecule has 0 aromatic rings. The average Bonchev–Trinajstić information content (AvgIpc) is 2.17. The summed E-state index contributed by atoms with van der Waals surface area (Å²) < 4.78 is 22.0. The number of nitrogens with one attached hydrogen (secondary N) is 1. The van der Waals surface area contributed by atoms with Crippen molar-refractivity contribution in [2.45, 2.75) is 20.1 Å². The second-order valence-corrected chi connectivity index (χ2v) is 4.56. The Labute approximate surface area is 98.3 Å². The Morgan fingerprint density at radius 1 is 1.38 bits per heavy atom. The van der Waals surface area contributed by atoms with Gasteiger partial charge in [-0.05, 0) is 13.8 Å². The highest BCUT2D eigenvalue weighted by Crippen LogP contribution is 1.98. The fourth-order valence-corrected chi connectivity index (χ4v) is 2.03. The van der Waals surface area contributed by atoms with E-state index in [1.54, 1.807) is 0 Å². The Morgan fingerprint density at radius 3 is 2.38 bits per heavy atom. The van der Waals surface area contributed by atoms with Crippen LogP contribution in [0.15, 0.2) is 0 Å². The van der Waals surface area contributed by atoms with Gasteiger partial charge in [0.2, 0.25) is 0 Å². The van der Waals surface area contributed by atoms with Crippen molar-refractivity contribution in [3.63, 3.8) is 0 Å². The molecule has 0 saturated carbocycles. The molecule has 2 amide bonds. The van der Waals surface area contributed by atoms with E-state index < -0.39 is 23.1 Å². The number of carbonyl (C=O) groups excluding carboxylic acids is 1. The molecule has 6 nitrogen and oxygen atoms in total. The first-order valence-corrected chi connectivity index (χ1v) is 6.70. The van der Waals surface area contributed by atoms with Gasteiger partial charge in [0.1, 0.15) is 0 Å². The third-order valence-corrected chi connectivity index (χ3v) is 2.96. The normalized spacial score (nSPS) is 12.7. The van der Waals surface area contributed by atoms with E-state index in [1.165, 1.54) is 0 Å². The van der Waals surface area contributed by atoms with Crippen LogP contribution in [0.3, 0.4) is 0 Å². The van der Waals surface area contributed by atoms with E-state index >= 15 is 0 Å². The van der Waals surface area contributed by atoms with Crippen molar-refractivity contribution in [1.29, 1.82) is 0 Å². The van der Waals surface area contributed by atoms with Crippen LogP contribution < -0.4 is 11.1 Å². The molecular formula is C9H20N2O4S. The third kappa shape index (κ3) is 8.63. The van der Waals surface area contributed by atoms with E-state index in [-0.39, 0.29) is 0 Å². The highest BCUT2D eigenvalue weighted by atomic mass is 32.2. The minimum Gasteiger partial charge on any atom is -0.352 e. The van der Waals surface area contributed by atoms with E-state index in [4.69, 9.17) is 15.2 Å². The molecule has 0 radical (unpaired) electrons. The number of hydrogen-bond acceptors (Lipinski definition) is 4. The average molecular weight is 252 g/mol. The van der Waals surface area contributed by atoms with Crippen molar-refractivity contribution in [3.8, 4) is 0 Å². The molecule has 0 fully saturated rings. The zero-order chi connectivity index (χ0) is 12.4. The van der Waals surface area contributed by atoms with Crippen LogP contribution in [0, 0.1) is 0 Å². The fraction of sp³-hybridized carbons (Fsp3) is 0.889. The third-order valence-electron chi connectivity index (χ3n) is 1.66. The maximum Gasteiger partial charge on any atom is 0.312 e. The van der Waals surface area contributed by atoms with E-state index in [9.17, 15) is 9.00 Å². The summed E-state index contributed by atoms with van der Waals surface area (Å²) in [6, 6.07) is -0.608. The van der Waals surface area contributed by atoms with Crippen molar-refractivity contribution in [2.24, 2.45) is 5.73 Å². The van der Waals surface area contributed by atoms with Gasteiger partial charge >= 0.3 is 6.03 Å². The van der Waals surface area contributed by atoms with E-state index in [0.717, 1.165) is 0 Å². The van der Waals surface area contributed by atoms with Crippen molar-refractivity contribution >= 4 is 16.8 Å². The predicted octanol–water partition coefficient (Wildman–Crippen LogP) is -0.197. The first-order chi connectivity index (χ1) is 7.60. The summed E-state index contributed by atoms with van der Waals surface area (Å²) in [5, 5.41) is 2.38. The van der Waals surface area contributed by atoms with Crippen LogP contribution in [0.2, 0.25) is 0 Å². The van der Waals surface area contributed by atoms with Crippen LogP contribution in [-0.2, 0) is 20.3 Å². The molecule has 1 atom stereocenters. The van der Waals surface area contributed by atoms with Gasteiger partial charge in [0.05, 0.1) is 5.75 Å². The summed E-state index contributed by atoms with van der Waals surface area (Å²) in [7, 11) is -1.09. The van der Waals surface area contributed by atoms with Gasteiger partial charge in [0.25, 0.3) is 0 Å². The van der Waals surface area contributed by atoms with E-state index in [2.05, 4.69) is 5.32 Å². The highest BCUT2D eigenvalue weighted by molar-refractivity contribution is 7.85. The summed E-state index contributed by atoms with van der Waals surface area (Å²) in [5.74, 6) is 0.654. The van der Waals surface area contributed by atoms with Crippen LogP contribution in [0.25, 0.3) is 0 Å². The topological polar surface area (TPSA) is 90.6 Å². The van der Waals surface area contributed by atoms with Gasteiger partial charge in [-0.3, -0.25) is 4.21 Å². The predicted molar refractivity (Wildman–Crippen MR) is 62.5 cm³/mol. The Morgan fingerprint density at radius 2 is 1.94 bits per heavy atom. The number of carbonyl (C=O) groups is 1. The van der Waals surface area contributed by atoms with Gasteiger partial charge in [-0.15, -0.1) is 0 Å². The van der Waals surface area contributed by atoms with E-state index in [1.807, 2.05) is 13.8 Å². The number of rotatable bonds is 9. The van der Waals surface area contributed by atoms with Gasteiger partial charge in [-0.2, -0.15) is 0 Å². The molecule has 0 rings (SSSR count). The minimum absolute atomic E-state index is 0.299. The molecule has 7 heteroatoms. The summed E-state index contributed by atoms with van der Waals surface area (Å²) >= 11 is 0. The standard InChI is InChI=1S/C9H20N2O4S/c1-3-14-8(15-4-2)7-16(13)6-5-11-9(10)12/h8H,3-7H2,1-2H3,(H3,10,11,12). The Kier molecular flexibility index (Phi) is 9.16. The maximum absolute atomic E-state index is 11.5. The summed E-state index contributed by atoms with van der Waals surface area (Å²) in [6.07, 6.45) is -0.440. The van der Waals surface area contributed by atoms with Crippen LogP contribution in [0.4, 0.5) is 4.79 Å². The number of amides is 2. The van der Waals surface area contributed by atoms with Crippen LogP contribution in [0.5, 0.6) is 0 Å². The second kappa shape index (κ2) is 9.56. The second-order valence-electron chi connectivity index (χ2n) is 2.94. The molecule has 0 bridgehead atoms. The van der Waals surface area contributed by atoms with Crippen molar-refractivity contribution in [3.05, 3.63) is 0 Å². The molecule has 0 aliphatic rings. The summed E-state index contributed by atoms with van der Waals surface area (Å²) in [4.78, 5) is 10.4. The summed E-state index contributed by atoms with van der Waals surface area (Å²) in [5.41, 5.74) is 4.88. The lowest BCUT2D eigenvalue weighted by Crippen LogP contribution is -2.34. The Bertz CT molecular complexity index is 220. The first kappa shape index (κ1) is 15.3. The molecule has 0 saturated heterocycles. The lowest BCUT2D eigenvalue weighted by molar-refractivity contribution is -0.120. The largest absolute Gasteiger partial charge is 0.352 e. The Hall–Kier alpha value is -0.660. The Balaban J connectivity index is 3.76. The van der Waals surface area contributed by atoms with Gasteiger partial charge < -0.3 is 20.5 Å². The molecule has 0 spiro atoms. The van der Waals surface area contributed by atoms with Gasteiger partial charge in [0, 0.05) is 36.3 Å². The monoisotopic (exact) mass is 252 g/mol. The van der Waals surface area contributed by atoms with Crippen LogP contribution in [-0.4, -0.2) is 47.8 Å². The SMILES string of the molecule is CCOC(CS(=O)CCNC(N)=O)OCC. The van der Waals surface area contributed by atoms with Gasteiger partial charge in [-0.1, -0.05) is 0 Å². The highest BCUT2D eigenvalue weighted by Gasteiger charge is 2.12. The number of nitrogens with two attached hydrogens (primary N) is 1. The number of primary amides is 1.